The van der Waals surface area contributed by atoms with Crippen LogP contribution in [0.3, 0.4) is 0 Å². The molecule has 2 heterocycles. The van der Waals surface area contributed by atoms with Gasteiger partial charge in [0, 0.05) is 0 Å². The van der Waals surface area contributed by atoms with Crippen LogP contribution in [0.1, 0.15) is 27.0 Å². The van der Waals surface area contributed by atoms with Crippen LogP contribution < -0.4 is 77.1 Å². The summed E-state index contributed by atoms with van der Waals surface area (Å²) in [6, 6.07) is 11.8. The van der Waals surface area contributed by atoms with Gasteiger partial charge in [0.05, 0.1) is 0 Å². The quantitative estimate of drug-likeness (QED) is 0.174. The molecule has 11 heteroatoms. The summed E-state index contributed by atoms with van der Waals surface area (Å²) in [6.07, 6.45) is 0. The largest absolute Gasteiger partial charge is 1.00 e. The summed E-state index contributed by atoms with van der Waals surface area (Å²) in [4.78, 5) is 12.7. The van der Waals surface area contributed by atoms with Gasteiger partial charge in [-0.1, -0.05) is 0 Å². The van der Waals surface area contributed by atoms with Crippen molar-refractivity contribution >= 4 is 40.9 Å². The fourth-order valence-corrected chi connectivity index (χ4v) is 7.39. The van der Waals surface area contributed by atoms with Crippen molar-refractivity contribution in [2.24, 2.45) is 0 Å². The first-order valence-electron chi connectivity index (χ1n) is 8.22. The molecule has 0 saturated heterocycles. The number of carbonyl (C=O) groups excluding carboxylic acids is 1. The third-order valence-corrected chi connectivity index (χ3v) is 8.76. The van der Waals surface area contributed by atoms with Crippen molar-refractivity contribution in [1.29, 1.82) is 0 Å². The number of rotatable bonds is 0. The second-order valence-electron chi connectivity index (χ2n) is 6.54. The molecule has 0 fully saturated rings. The molecule has 2 aliphatic heterocycles. The van der Waals surface area contributed by atoms with E-state index < -0.39 is 11.6 Å². The van der Waals surface area contributed by atoms with Gasteiger partial charge in [-0.3, -0.25) is 0 Å². The summed E-state index contributed by atoms with van der Waals surface area (Å²) in [5, 5.41) is 24.8. The SMILES string of the molecule is O.O=C1OC2(c3cc(Br)c([O-])cc3Oc3c2cc(Br)c([O-])[c]3[Hg+])c2ccccc21.[Na+].[Na+]. The van der Waals surface area contributed by atoms with Gasteiger partial charge in [-0.2, -0.15) is 0 Å². The minimum atomic E-state index is -1.28. The number of benzene rings is 3. The second kappa shape index (κ2) is 9.94. The van der Waals surface area contributed by atoms with Crippen molar-refractivity contribution in [1.82, 2.24) is 0 Å². The molecule has 3 aromatic carbocycles. The summed E-state index contributed by atoms with van der Waals surface area (Å²) in [6.45, 7) is 0. The topological polar surface area (TPSA) is 113 Å². The number of halogens is 2. The molecule has 0 amide bonds. The normalized spacial score (nSPS) is 17.1. The van der Waals surface area contributed by atoms with E-state index in [-0.39, 0.29) is 102 Å². The van der Waals surface area contributed by atoms with Gasteiger partial charge in [0.2, 0.25) is 0 Å². The molecule has 1 unspecified atom stereocenters. The average Bonchev–Trinajstić information content (AvgIpc) is 2.97. The molecule has 0 bridgehead atoms. The Kier molecular flexibility index (Phi) is 8.86. The van der Waals surface area contributed by atoms with Crippen LogP contribution in [0.15, 0.2) is 51.4 Å². The maximum atomic E-state index is 12.7. The van der Waals surface area contributed by atoms with E-state index in [0.29, 0.717) is 45.8 Å². The number of carbonyl (C=O) groups is 1. The van der Waals surface area contributed by atoms with E-state index >= 15 is 0 Å². The van der Waals surface area contributed by atoms with Gasteiger partial charge in [0.1, 0.15) is 0 Å². The van der Waals surface area contributed by atoms with Crippen LogP contribution in [0.25, 0.3) is 0 Å². The van der Waals surface area contributed by atoms with E-state index in [1.54, 1.807) is 24.3 Å². The van der Waals surface area contributed by atoms with E-state index in [2.05, 4.69) is 31.9 Å². The van der Waals surface area contributed by atoms with Gasteiger partial charge < -0.3 is 5.48 Å². The number of hydrogen-bond donors (Lipinski definition) is 0. The smallest absolute Gasteiger partial charge is 1.00 e. The Hall–Kier alpha value is 0.385. The second-order valence-corrected chi connectivity index (χ2v) is 11.0. The molecular weight excluding hydrogens is 743 g/mol. The van der Waals surface area contributed by atoms with E-state index in [9.17, 15) is 15.0 Å². The zero-order chi connectivity index (χ0) is 19.8. The Balaban J connectivity index is 0.00000114. The molecule has 3 aromatic rings. The van der Waals surface area contributed by atoms with Crippen LogP contribution in [0.5, 0.6) is 23.0 Å². The number of ether oxygens (including phenoxy) is 2. The zero-order valence-electron chi connectivity index (χ0n) is 16.5. The van der Waals surface area contributed by atoms with Gasteiger partial charge in [-0.05, 0) is 0 Å². The summed E-state index contributed by atoms with van der Waals surface area (Å²) in [5.41, 5.74) is 0.959. The molecule has 0 aliphatic carbocycles. The molecule has 142 valence electrons. The molecular formula is C20H9Br2HgNa2O6+. The maximum absolute atomic E-state index is 12.7. The van der Waals surface area contributed by atoms with Crippen molar-refractivity contribution in [3.8, 4) is 23.0 Å². The molecule has 2 aliphatic rings. The van der Waals surface area contributed by atoms with Gasteiger partial charge in [0.15, 0.2) is 0 Å². The molecule has 5 rings (SSSR count). The summed E-state index contributed by atoms with van der Waals surface area (Å²) >= 11 is 6.56. The van der Waals surface area contributed by atoms with E-state index in [1.165, 1.54) is 6.07 Å². The minimum absolute atomic E-state index is 0. The number of hydrogen-bond acceptors (Lipinski definition) is 5. The van der Waals surface area contributed by atoms with Crippen molar-refractivity contribution in [2.75, 3.05) is 0 Å². The Labute approximate surface area is 254 Å². The first-order chi connectivity index (χ1) is 13.3. The van der Waals surface area contributed by atoms with E-state index in [1.807, 2.05) is 12.1 Å². The Bertz CT molecular complexity index is 1220. The predicted octanol–water partition coefficient (Wildman–Crippen LogP) is -3.72. The first kappa shape index (κ1) is 27.6. The molecule has 1 atom stereocenters. The van der Waals surface area contributed by atoms with Crippen molar-refractivity contribution in [3.05, 3.63) is 73.7 Å². The van der Waals surface area contributed by atoms with Gasteiger partial charge in [0.25, 0.3) is 0 Å². The van der Waals surface area contributed by atoms with Crippen LogP contribution >= 0.6 is 31.9 Å². The third kappa shape index (κ3) is 3.98. The van der Waals surface area contributed by atoms with Crippen LogP contribution in [0.4, 0.5) is 0 Å². The van der Waals surface area contributed by atoms with Crippen LogP contribution in [0.2, 0.25) is 0 Å². The molecule has 0 aromatic heterocycles. The summed E-state index contributed by atoms with van der Waals surface area (Å²) in [5.74, 6) is -0.181. The standard InChI is InChI=1S/C20H9Br2O5.Hg.2Na.H2O/c21-13-5-11-17(7-15(13)23)26-18-8-16(24)14(22)6-12(18)20(11)10-4-2-1-3-9(10)19(25)27-20;;;;/h1-7,23-24H;;;;1H2/q;3*+1;/p-2. The molecule has 31 heavy (non-hydrogen) atoms. The van der Waals surface area contributed by atoms with E-state index in [4.69, 9.17) is 9.47 Å². The summed E-state index contributed by atoms with van der Waals surface area (Å²) < 4.78 is 13.3. The molecule has 0 saturated carbocycles. The van der Waals surface area contributed by atoms with Crippen LogP contribution in [-0.4, -0.2) is 11.4 Å². The molecule has 6 nitrogen and oxygen atoms in total. The Morgan fingerprint density at radius 1 is 0.935 bits per heavy atom. The van der Waals surface area contributed by atoms with Crippen molar-refractivity contribution in [3.63, 3.8) is 0 Å². The fourth-order valence-electron chi connectivity index (χ4n) is 3.81. The van der Waals surface area contributed by atoms with Gasteiger partial charge in [-0.15, -0.1) is 0 Å². The third-order valence-electron chi connectivity index (χ3n) is 5.06. The van der Waals surface area contributed by atoms with E-state index in [0.717, 1.165) is 0 Å². The van der Waals surface area contributed by atoms with Crippen LogP contribution in [-0.2, 0) is 36.5 Å². The van der Waals surface area contributed by atoms with Gasteiger partial charge >= 0.3 is 253 Å². The summed E-state index contributed by atoms with van der Waals surface area (Å²) in [7, 11) is 0. The van der Waals surface area contributed by atoms with Crippen LogP contribution in [0, 0.1) is 0 Å². The monoisotopic (exact) mass is 751 g/mol. The fraction of sp³-hybridized carbons (Fsp3) is 0.0500. The number of fused-ring (bicyclic) bond motifs is 6. The molecule has 1 spiro atoms. The maximum Gasteiger partial charge on any atom is 1.00 e. The van der Waals surface area contributed by atoms with Gasteiger partial charge in [-0.25, -0.2) is 0 Å². The Morgan fingerprint density at radius 2 is 1.58 bits per heavy atom. The molecule has 2 N–H and O–H groups in total. The first-order valence-corrected chi connectivity index (χ1v) is 12.6. The van der Waals surface area contributed by atoms with Crippen molar-refractivity contribution < 1.29 is 115 Å². The molecule has 0 radical (unpaired) electrons. The number of esters is 1. The van der Waals surface area contributed by atoms with Crippen molar-refractivity contribution in [2.45, 2.75) is 5.60 Å². The predicted molar refractivity (Wildman–Crippen MR) is 102 cm³/mol. The minimum Gasteiger partial charge on any atom is 1.00 e. The average molecular weight is 752 g/mol. The zero-order valence-corrected chi connectivity index (χ0v) is 29.2. The Morgan fingerprint density at radius 3 is 2.29 bits per heavy atom.